The number of rotatable bonds is 7. The average molecular weight is 368 g/mol. The van der Waals surface area contributed by atoms with Gasteiger partial charge in [0, 0.05) is 11.8 Å². The van der Waals surface area contributed by atoms with Crippen molar-refractivity contribution in [3.05, 3.63) is 48.3 Å². The van der Waals surface area contributed by atoms with E-state index in [0.717, 1.165) is 6.07 Å². The van der Waals surface area contributed by atoms with E-state index in [-0.39, 0.29) is 16.3 Å². The van der Waals surface area contributed by atoms with Gasteiger partial charge in [-0.05, 0) is 30.3 Å². The molecule has 0 aliphatic heterocycles. The predicted octanol–water partition coefficient (Wildman–Crippen LogP) is 1.76. The molecule has 134 valence electrons. The van der Waals surface area contributed by atoms with Gasteiger partial charge in [-0.15, -0.1) is 0 Å². The van der Waals surface area contributed by atoms with Gasteiger partial charge in [0.15, 0.2) is 11.5 Å². The van der Waals surface area contributed by atoms with Crippen LogP contribution in [0.3, 0.4) is 0 Å². The average Bonchev–Trinajstić information content (AvgIpc) is 2.59. The number of halogens is 1. The highest BCUT2D eigenvalue weighted by atomic mass is 32.2. The van der Waals surface area contributed by atoms with Crippen LogP contribution in [0.2, 0.25) is 0 Å². The predicted molar refractivity (Wildman–Crippen MR) is 89.8 cm³/mol. The zero-order chi connectivity index (χ0) is 18.4. The molecule has 0 unspecified atom stereocenters. The van der Waals surface area contributed by atoms with Gasteiger partial charge in [0.25, 0.3) is 0 Å². The number of methoxy groups -OCH3 is 2. The molecule has 7 nitrogen and oxygen atoms in total. The van der Waals surface area contributed by atoms with Crippen molar-refractivity contribution < 1.29 is 27.1 Å². The molecule has 2 aromatic carbocycles. The number of carbonyl (C=O) groups is 1. The SMILES string of the molecule is COc1ccc(S(=O)(=O)NCC(=O)Nc2cccc(F)c2)cc1OC. The maximum absolute atomic E-state index is 13.1. The molecule has 25 heavy (non-hydrogen) atoms. The topological polar surface area (TPSA) is 93.7 Å². The van der Waals surface area contributed by atoms with Gasteiger partial charge in [-0.25, -0.2) is 17.5 Å². The van der Waals surface area contributed by atoms with Crippen LogP contribution in [-0.2, 0) is 14.8 Å². The van der Waals surface area contributed by atoms with E-state index in [1.165, 1.54) is 50.6 Å². The van der Waals surface area contributed by atoms with E-state index in [2.05, 4.69) is 10.0 Å². The van der Waals surface area contributed by atoms with Crippen LogP contribution in [0.25, 0.3) is 0 Å². The molecule has 0 heterocycles. The molecule has 0 spiro atoms. The monoisotopic (exact) mass is 368 g/mol. The van der Waals surface area contributed by atoms with E-state index in [1.54, 1.807) is 0 Å². The van der Waals surface area contributed by atoms with E-state index in [9.17, 15) is 17.6 Å². The van der Waals surface area contributed by atoms with Crippen LogP contribution in [0.1, 0.15) is 0 Å². The van der Waals surface area contributed by atoms with Gasteiger partial charge < -0.3 is 14.8 Å². The first-order chi connectivity index (χ1) is 11.9. The lowest BCUT2D eigenvalue weighted by Gasteiger charge is -2.11. The molecule has 2 aromatic rings. The van der Waals surface area contributed by atoms with Gasteiger partial charge >= 0.3 is 0 Å². The Balaban J connectivity index is 2.05. The lowest BCUT2D eigenvalue weighted by atomic mass is 10.3. The second kappa shape index (κ2) is 7.95. The molecule has 9 heteroatoms. The van der Waals surface area contributed by atoms with Gasteiger partial charge in [-0.1, -0.05) is 6.07 Å². The molecule has 1 amide bonds. The molecule has 2 N–H and O–H groups in total. The highest BCUT2D eigenvalue weighted by molar-refractivity contribution is 7.89. The van der Waals surface area contributed by atoms with Gasteiger partial charge in [0.1, 0.15) is 5.82 Å². The number of hydrogen-bond acceptors (Lipinski definition) is 5. The number of amides is 1. The summed E-state index contributed by atoms with van der Waals surface area (Å²) in [5, 5.41) is 2.40. The Morgan fingerprint density at radius 1 is 1.08 bits per heavy atom. The molecule has 0 aromatic heterocycles. The number of benzene rings is 2. The smallest absolute Gasteiger partial charge is 0.241 e. The summed E-state index contributed by atoms with van der Waals surface area (Å²) in [6, 6.07) is 9.33. The number of ether oxygens (including phenoxy) is 2. The van der Waals surface area contributed by atoms with E-state index >= 15 is 0 Å². The normalized spacial score (nSPS) is 11.0. The Hall–Kier alpha value is -2.65. The number of sulfonamides is 1. The minimum Gasteiger partial charge on any atom is -0.493 e. The summed E-state index contributed by atoms with van der Waals surface area (Å²) in [7, 11) is -1.12. The fraction of sp³-hybridized carbons (Fsp3) is 0.188. The highest BCUT2D eigenvalue weighted by Gasteiger charge is 2.18. The summed E-state index contributed by atoms with van der Waals surface area (Å²) in [6.45, 7) is -0.507. The van der Waals surface area contributed by atoms with Crippen molar-refractivity contribution in [2.45, 2.75) is 4.90 Å². The minimum absolute atomic E-state index is 0.0799. The number of anilines is 1. The summed E-state index contributed by atoms with van der Waals surface area (Å²) in [5.74, 6) is -0.516. The highest BCUT2D eigenvalue weighted by Crippen LogP contribution is 2.29. The minimum atomic E-state index is -3.93. The number of hydrogen-bond donors (Lipinski definition) is 2. The summed E-state index contributed by atoms with van der Waals surface area (Å²) in [4.78, 5) is 11.7. The Kier molecular flexibility index (Phi) is 5.94. The second-order valence-electron chi connectivity index (χ2n) is 4.90. The Morgan fingerprint density at radius 3 is 2.44 bits per heavy atom. The van der Waals surface area contributed by atoms with Gasteiger partial charge in [-0.2, -0.15) is 0 Å². The molecular weight excluding hydrogens is 351 g/mol. The summed E-state index contributed by atoms with van der Waals surface area (Å²) in [6.07, 6.45) is 0. The van der Waals surface area contributed by atoms with Crippen LogP contribution in [0, 0.1) is 5.82 Å². The van der Waals surface area contributed by atoms with Crippen LogP contribution < -0.4 is 19.5 Å². The quantitative estimate of drug-likeness (QED) is 0.777. The van der Waals surface area contributed by atoms with Crippen LogP contribution in [-0.4, -0.2) is 35.1 Å². The van der Waals surface area contributed by atoms with Crippen molar-refractivity contribution in [3.8, 4) is 11.5 Å². The molecule has 0 saturated heterocycles. The van der Waals surface area contributed by atoms with Gasteiger partial charge in [-0.3, -0.25) is 4.79 Å². The van der Waals surface area contributed by atoms with Crippen molar-refractivity contribution in [2.24, 2.45) is 0 Å². The van der Waals surface area contributed by atoms with Crippen molar-refractivity contribution in [1.29, 1.82) is 0 Å². The molecule has 0 aliphatic rings. The number of nitrogens with one attached hydrogen (secondary N) is 2. The Morgan fingerprint density at radius 2 is 1.80 bits per heavy atom. The molecule has 0 aliphatic carbocycles. The van der Waals surface area contributed by atoms with Crippen molar-refractivity contribution in [2.75, 3.05) is 26.1 Å². The van der Waals surface area contributed by atoms with E-state index in [1.807, 2.05) is 0 Å². The number of carbonyl (C=O) groups excluding carboxylic acids is 1. The largest absolute Gasteiger partial charge is 0.493 e. The summed E-state index contributed by atoms with van der Waals surface area (Å²) in [5.41, 5.74) is 0.232. The Labute approximate surface area is 144 Å². The van der Waals surface area contributed by atoms with Crippen molar-refractivity contribution in [3.63, 3.8) is 0 Å². The first-order valence-electron chi connectivity index (χ1n) is 7.13. The van der Waals surface area contributed by atoms with Crippen LogP contribution in [0.4, 0.5) is 10.1 Å². The van der Waals surface area contributed by atoms with Crippen LogP contribution >= 0.6 is 0 Å². The standard InChI is InChI=1S/C16H17FN2O5S/c1-23-14-7-6-13(9-15(14)24-2)25(21,22)18-10-16(20)19-12-5-3-4-11(17)8-12/h3-9,18H,10H2,1-2H3,(H,19,20). The zero-order valence-corrected chi connectivity index (χ0v) is 14.4. The second-order valence-corrected chi connectivity index (χ2v) is 6.67. The maximum Gasteiger partial charge on any atom is 0.241 e. The molecule has 2 rings (SSSR count). The first kappa shape index (κ1) is 18.7. The van der Waals surface area contributed by atoms with Crippen molar-refractivity contribution in [1.82, 2.24) is 4.72 Å². The summed E-state index contributed by atoms with van der Waals surface area (Å²) < 4.78 is 49.9. The van der Waals surface area contributed by atoms with Gasteiger partial charge in [0.05, 0.1) is 25.7 Å². The van der Waals surface area contributed by atoms with Crippen LogP contribution in [0.5, 0.6) is 11.5 Å². The molecule has 0 saturated carbocycles. The fourth-order valence-electron chi connectivity index (χ4n) is 2.00. The van der Waals surface area contributed by atoms with Crippen molar-refractivity contribution >= 4 is 21.6 Å². The molecular formula is C16H17FN2O5S. The molecule has 0 radical (unpaired) electrons. The van der Waals surface area contributed by atoms with E-state index in [4.69, 9.17) is 9.47 Å². The van der Waals surface area contributed by atoms with Crippen LogP contribution in [0.15, 0.2) is 47.4 Å². The Bertz CT molecular complexity index is 871. The third kappa shape index (κ3) is 4.91. The molecule has 0 atom stereocenters. The molecule has 0 fully saturated rings. The lowest BCUT2D eigenvalue weighted by Crippen LogP contribution is -2.32. The lowest BCUT2D eigenvalue weighted by molar-refractivity contribution is -0.115. The third-order valence-corrected chi connectivity index (χ3v) is 4.60. The fourth-order valence-corrected chi connectivity index (χ4v) is 3.00. The van der Waals surface area contributed by atoms with Gasteiger partial charge in [0.2, 0.25) is 15.9 Å². The maximum atomic E-state index is 13.1. The van der Waals surface area contributed by atoms with E-state index < -0.39 is 28.3 Å². The first-order valence-corrected chi connectivity index (χ1v) is 8.61. The summed E-state index contributed by atoms with van der Waals surface area (Å²) >= 11 is 0. The van der Waals surface area contributed by atoms with E-state index in [0.29, 0.717) is 5.75 Å². The zero-order valence-electron chi connectivity index (χ0n) is 13.6. The third-order valence-electron chi connectivity index (χ3n) is 3.20. The molecule has 0 bridgehead atoms.